The van der Waals surface area contributed by atoms with Crippen LogP contribution in [0.3, 0.4) is 0 Å². The summed E-state index contributed by atoms with van der Waals surface area (Å²) < 4.78 is 0. The highest BCUT2D eigenvalue weighted by molar-refractivity contribution is 5.32. The van der Waals surface area contributed by atoms with Crippen LogP contribution in [0, 0.1) is 0 Å². The van der Waals surface area contributed by atoms with Gasteiger partial charge in [0.15, 0.2) is 5.75 Å². The van der Waals surface area contributed by atoms with Crippen molar-refractivity contribution in [1.29, 1.82) is 0 Å². The monoisotopic (exact) mass is 166 g/mol. The average Bonchev–Trinajstić information content (AvgIpc) is 2.04. The highest BCUT2D eigenvalue weighted by Crippen LogP contribution is 2.17. The molecule has 0 spiro atoms. The van der Waals surface area contributed by atoms with E-state index in [0.29, 0.717) is 6.54 Å². The van der Waals surface area contributed by atoms with Gasteiger partial charge in [-0.2, -0.15) is 5.06 Å². The number of benzene rings is 1. The van der Waals surface area contributed by atoms with Crippen molar-refractivity contribution in [1.82, 2.24) is 5.06 Å². The molecule has 1 rings (SSSR count). The predicted octanol–water partition coefficient (Wildman–Crippen LogP) is 1.00. The maximum atomic E-state index is 5.53. The molecule has 0 bridgehead atoms. The Hall–Kier alpha value is -1.06. The molecular weight excluding hydrogens is 152 g/mol. The van der Waals surface area contributed by atoms with Gasteiger partial charge >= 0.3 is 0 Å². The highest BCUT2D eigenvalue weighted by atomic mass is 16.7. The first kappa shape index (κ1) is 9.03. The third-order valence-corrected chi connectivity index (χ3v) is 1.47. The zero-order chi connectivity index (χ0) is 8.97. The Bertz CT molecular complexity index is 248. The fraction of sp³-hybridized carbons (Fsp3) is 0.333. The molecular formula is C9H14N2O. The lowest BCUT2D eigenvalue weighted by Crippen LogP contribution is -2.17. The minimum Gasteiger partial charge on any atom is -0.406 e. The largest absolute Gasteiger partial charge is 0.406 e. The van der Waals surface area contributed by atoms with Crippen molar-refractivity contribution >= 4 is 0 Å². The zero-order valence-corrected chi connectivity index (χ0v) is 7.45. The van der Waals surface area contributed by atoms with E-state index in [1.54, 1.807) is 5.06 Å². The summed E-state index contributed by atoms with van der Waals surface area (Å²) in [4.78, 5) is 5.39. The van der Waals surface area contributed by atoms with Gasteiger partial charge in [-0.25, -0.2) is 0 Å². The second-order valence-corrected chi connectivity index (χ2v) is 2.72. The van der Waals surface area contributed by atoms with Gasteiger partial charge in [0, 0.05) is 26.2 Å². The van der Waals surface area contributed by atoms with Gasteiger partial charge in [0.2, 0.25) is 0 Å². The molecule has 3 nitrogen and oxygen atoms in total. The third-order valence-electron chi connectivity index (χ3n) is 1.47. The second kappa shape index (κ2) is 4.09. The predicted molar refractivity (Wildman–Crippen MR) is 48.6 cm³/mol. The van der Waals surface area contributed by atoms with Crippen LogP contribution in [0.25, 0.3) is 0 Å². The Morgan fingerprint density at radius 1 is 1.33 bits per heavy atom. The normalized spacial score (nSPS) is 10.3. The van der Waals surface area contributed by atoms with E-state index < -0.39 is 0 Å². The van der Waals surface area contributed by atoms with Gasteiger partial charge in [0.25, 0.3) is 0 Å². The third kappa shape index (κ3) is 2.22. The van der Waals surface area contributed by atoms with E-state index in [2.05, 4.69) is 0 Å². The molecule has 0 aliphatic rings. The van der Waals surface area contributed by atoms with Crippen LogP contribution in [-0.2, 0) is 6.54 Å². The Morgan fingerprint density at radius 3 is 2.58 bits per heavy atom. The molecule has 0 aliphatic carbocycles. The first-order chi connectivity index (χ1) is 5.74. The number of hydroxylamine groups is 2. The van der Waals surface area contributed by atoms with Crippen LogP contribution in [0.4, 0.5) is 0 Å². The maximum Gasteiger partial charge on any atom is 0.151 e. The molecule has 1 aromatic carbocycles. The van der Waals surface area contributed by atoms with Crippen molar-refractivity contribution in [2.45, 2.75) is 6.54 Å². The van der Waals surface area contributed by atoms with Gasteiger partial charge in [-0.15, -0.1) is 0 Å². The van der Waals surface area contributed by atoms with E-state index in [4.69, 9.17) is 10.6 Å². The summed E-state index contributed by atoms with van der Waals surface area (Å²) in [6.45, 7) is 0.504. The van der Waals surface area contributed by atoms with E-state index in [0.717, 1.165) is 11.3 Å². The van der Waals surface area contributed by atoms with Crippen molar-refractivity contribution in [3.8, 4) is 5.75 Å². The standard InChI is InChI=1S/C9H14N2O/c1-11(2)12-9-6-4-3-5-8(9)7-10/h3-6H,7,10H2,1-2H3. The Kier molecular flexibility index (Phi) is 3.08. The molecule has 0 atom stereocenters. The first-order valence-electron chi connectivity index (χ1n) is 3.87. The van der Waals surface area contributed by atoms with Crippen LogP contribution in [0.1, 0.15) is 5.56 Å². The molecule has 66 valence electrons. The molecule has 0 saturated carbocycles. The minimum absolute atomic E-state index is 0.504. The molecule has 0 aromatic heterocycles. The number of nitrogens with two attached hydrogens (primary N) is 1. The summed E-state index contributed by atoms with van der Waals surface area (Å²) >= 11 is 0. The molecule has 0 aliphatic heterocycles. The summed E-state index contributed by atoms with van der Waals surface area (Å²) in [6, 6.07) is 7.74. The molecule has 1 aromatic rings. The Balaban J connectivity index is 2.82. The molecule has 2 N–H and O–H groups in total. The number of para-hydroxylation sites is 1. The van der Waals surface area contributed by atoms with Crippen LogP contribution >= 0.6 is 0 Å². The quantitative estimate of drug-likeness (QED) is 0.681. The van der Waals surface area contributed by atoms with Crippen molar-refractivity contribution in [3.05, 3.63) is 29.8 Å². The fourth-order valence-corrected chi connectivity index (χ4v) is 0.958. The minimum atomic E-state index is 0.504. The zero-order valence-electron chi connectivity index (χ0n) is 7.45. The molecule has 0 unspecified atom stereocenters. The lowest BCUT2D eigenvalue weighted by molar-refractivity contribution is -0.00426. The van der Waals surface area contributed by atoms with Gasteiger partial charge in [0.05, 0.1) is 0 Å². The first-order valence-corrected chi connectivity index (χ1v) is 3.87. The van der Waals surface area contributed by atoms with Crippen LogP contribution in [0.5, 0.6) is 5.75 Å². The van der Waals surface area contributed by atoms with Gasteiger partial charge in [-0.3, -0.25) is 0 Å². The van der Waals surface area contributed by atoms with Crippen molar-refractivity contribution < 1.29 is 4.84 Å². The molecule has 0 radical (unpaired) electrons. The number of hydrogen-bond acceptors (Lipinski definition) is 3. The van der Waals surface area contributed by atoms with E-state index in [1.807, 2.05) is 38.4 Å². The molecule has 12 heavy (non-hydrogen) atoms. The van der Waals surface area contributed by atoms with Crippen molar-refractivity contribution in [2.75, 3.05) is 14.1 Å². The highest BCUT2D eigenvalue weighted by Gasteiger charge is 2.00. The molecule has 0 heterocycles. The van der Waals surface area contributed by atoms with Gasteiger partial charge in [0.1, 0.15) is 0 Å². The molecule has 3 heteroatoms. The smallest absolute Gasteiger partial charge is 0.151 e. The average molecular weight is 166 g/mol. The Labute approximate surface area is 72.7 Å². The van der Waals surface area contributed by atoms with Crippen molar-refractivity contribution in [2.24, 2.45) is 5.73 Å². The summed E-state index contributed by atoms with van der Waals surface area (Å²) in [7, 11) is 3.68. The lowest BCUT2D eigenvalue weighted by atomic mass is 10.2. The number of hydrogen-bond donors (Lipinski definition) is 1. The van der Waals surface area contributed by atoms with E-state index in [-0.39, 0.29) is 0 Å². The maximum absolute atomic E-state index is 5.53. The fourth-order valence-electron chi connectivity index (χ4n) is 0.958. The Morgan fingerprint density at radius 2 is 2.00 bits per heavy atom. The van der Waals surface area contributed by atoms with Crippen molar-refractivity contribution in [3.63, 3.8) is 0 Å². The van der Waals surface area contributed by atoms with Gasteiger partial charge in [-0.05, 0) is 6.07 Å². The summed E-state index contributed by atoms with van der Waals surface area (Å²) in [5.74, 6) is 0.824. The molecule has 0 saturated heterocycles. The summed E-state index contributed by atoms with van der Waals surface area (Å²) in [5.41, 5.74) is 6.55. The van der Waals surface area contributed by atoms with E-state index >= 15 is 0 Å². The lowest BCUT2D eigenvalue weighted by Gasteiger charge is -2.14. The topological polar surface area (TPSA) is 38.5 Å². The molecule has 0 fully saturated rings. The van der Waals surface area contributed by atoms with E-state index in [9.17, 15) is 0 Å². The number of rotatable bonds is 3. The van der Waals surface area contributed by atoms with Crippen LogP contribution < -0.4 is 10.6 Å². The van der Waals surface area contributed by atoms with E-state index in [1.165, 1.54) is 0 Å². The second-order valence-electron chi connectivity index (χ2n) is 2.72. The van der Waals surface area contributed by atoms with Crippen LogP contribution in [0.15, 0.2) is 24.3 Å². The summed E-state index contributed by atoms with van der Waals surface area (Å²) in [6.07, 6.45) is 0. The van der Waals surface area contributed by atoms with Gasteiger partial charge < -0.3 is 10.6 Å². The van der Waals surface area contributed by atoms with Gasteiger partial charge in [-0.1, -0.05) is 18.2 Å². The van der Waals surface area contributed by atoms with Crippen LogP contribution in [0.2, 0.25) is 0 Å². The molecule has 0 amide bonds. The summed E-state index contributed by atoms with van der Waals surface area (Å²) in [5, 5.41) is 1.65. The number of nitrogens with zero attached hydrogens (tertiary/aromatic N) is 1. The SMILES string of the molecule is CN(C)Oc1ccccc1CN. The van der Waals surface area contributed by atoms with Crippen LogP contribution in [-0.4, -0.2) is 19.2 Å².